The first-order chi connectivity index (χ1) is 9.31. The molecule has 0 fully saturated rings. The minimum Gasteiger partial charge on any atom is -0.480 e. The van der Waals surface area contributed by atoms with E-state index in [2.05, 4.69) is 5.32 Å². The summed E-state index contributed by atoms with van der Waals surface area (Å²) < 4.78 is 0. The number of hydrogen-bond acceptors (Lipinski definition) is 3. The Labute approximate surface area is 122 Å². The zero-order chi connectivity index (χ0) is 15.3. The molecule has 2 amide bonds. The van der Waals surface area contributed by atoms with Crippen molar-refractivity contribution in [2.45, 2.75) is 25.6 Å². The van der Waals surface area contributed by atoms with Crippen LogP contribution < -0.4 is 5.32 Å². The minimum absolute atomic E-state index is 0.276. The third kappa shape index (κ3) is 4.71. The van der Waals surface area contributed by atoms with Crippen LogP contribution in [-0.2, 0) is 11.3 Å². The van der Waals surface area contributed by atoms with Gasteiger partial charge in [0, 0.05) is 18.6 Å². The normalized spacial score (nSPS) is 13.4. The third-order valence-corrected chi connectivity index (χ3v) is 2.92. The highest BCUT2D eigenvalue weighted by molar-refractivity contribution is 6.30. The molecule has 20 heavy (non-hydrogen) atoms. The van der Waals surface area contributed by atoms with E-state index in [4.69, 9.17) is 16.7 Å². The standard InChI is InChI=1S/C13H17ClN2O4/c1-8(17)11(12(18)19)15-13(20)16(2)7-9-4-3-5-10(14)6-9/h3-6,8,11,17H,7H2,1-2H3,(H,15,20)(H,18,19). The monoisotopic (exact) mass is 300 g/mol. The molecule has 2 unspecified atom stereocenters. The average Bonchev–Trinajstić information content (AvgIpc) is 2.34. The molecule has 0 radical (unpaired) electrons. The molecular weight excluding hydrogens is 284 g/mol. The largest absolute Gasteiger partial charge is 0.480 e. The molecule has 0 spiro atoms. The molecule has 6 nitrogen and oxygen atoms in total. The van der Waals surface area contributed by atoms with Crippen molar-refractivity contribution >= 4 is 23.6 Å². The van der Waals surface area contributed by atoms with Gasteiger partial charge in [0.2, 0.25) is 0 Å². The lowest BCUT2D eigenvalue weighted by Crippen LogP contribution is -2.51. The van der Waals surface area contributed by atoms with Crippen molar-refractivity contribution in [3.8, 4) is 0 Å². The molecule has 0 aliphatic carbocycles. The van der Waals surface area contributed by atoms with Crippen LogP contribution in [0.4, 0.5) is 4.79 Å². The summed E-state index contributed by atoms with van der Waals surface area (Å²) in [5, 5.41) is 21.0. The molecule has 0 bridgehead atoms. The smallest absolute Gasteiger partial charge is 0.328 e. The highest BCUT2D eigenvalue weighted by atomic mass is 35.5. The molecule has 7 heteroatoms. The number of carboxylic acids is 1. The Morgan fingerprint density at radius 1 is 1.45 bits per heavy atom. The Hall–Kier alpha value is -1.79. The average molecular weight is 301 g/mol. The van der Waals surface area contributed by atoms with Crippen LogP contribution in [-0.4, -0.2) is 46.3 Å². The molecule has 0 aromatic heterocycles. The van der Waals surface area contributed by atoms with Gasteiger partial charge in [-0.05, 0) is 24.6 Å². The number of carboxylic acid groups (broad SMARTS) is 1. The predicted molar refractivity (Wildman–Crippen MR) is 74.6 cm³/mol. The summed E-state index contributed by atoms with van der Waals surface area (Å²) in [6, 6.07) is 5.08. The minimum atomic E-state index is -1.34. The first-order valence-electron chi connectivity index (χ1n) is 5.98. The van der Waals surface area contributed by atoms with Crippen LogP contribution >= 0.6 is 11.6 Å². The number of aliphatic hydroxyl groups excluding tert-OH is 1. The highest BCUT2D eigenvalue weighted by Crippen LogP contribution is 2.12. The van der Waals surface area contributed by atoms with Gasteiger partial charge in [0.15, 0.2) is 6.04 Å². The van der Waals surface area contributed by atoms with E-state index in [1.165, 1.54) is 18.9 Å². The van der Waals surface area contributed by atoms with Crippen LogP contribution in [0.1, 0.15) is 12.5 Å². The summed E-state index contributed by atoms with van der Waals surface area (Å²) in [5.41, 5.74) is 0.819. The number of carbonyl (C=O) groups is 2. The van der Waals surface area contributed by atoms with E-state index in [-0.39, 0.29) is 6.54 Å². The van der Waals surface area contributed by atoms with Crippen molar-refractivity contribution in [1.29, 1.82) is 0 Å². The Bertz CT molecular complexity index is 493. The first kappa shape index (κ1) is 16.3. The number of aliphatic hydroxyl groups is 1. The fourth-order valence-corrected chi connectivity index (χ4v) is 1.83. The van der Waals surface area contributed by atoms with E-state index in [0.717, 1.165) is 5.56 Å². The van der Waals surface area contributed by atoms with Crippen LogP contribution in [0.15, 0.2) is 24.3 Å². The molecule has 0 saturated carbocycles. The molecule has 1 rings (SSSR count). The molecule has 3 N–H and O–H groups in total. The number of nitrogens with zero attached hydrogens (tertiary/aromatic N) is 1. The van der Waals surface area contributed by atoms with Crippen LogP contribution in [0, 0.1) is 0 Å². The maximum Gasteiger partial charge on any atom is 0.328 e. The Morgan fingerprint density at radius 2 is 2.10 bits per heavy atom. The van der Waals surface area contributed by atoms with E-state index in [9.17, 15) is 14.7 Å². The second kappa shape index (κ2) is 7.12. The number of nitrogens with one attached hydrogen (secondary N) is 1. The zero-order valence-electron chi connectivity index (χ0n) is 11.2. The van der Waals surface area contributed by atoms with Crippen molar-refractivity contribution in [1.82, 2.24) is 10.2 Å². The van der Waals surface area contributed by atoms with Gasteiger partial charge in [-0.2, -0.15) is 0 Å². The van der Waals surface area contributed by atoms with Gasteiger partial charge in [0.1, 0.15) is 0 Å². The van der Waals surface area contributed by atoms with Gasteiger partial charge in [-0.1, -0.05) is 23.7 Å². The second-order valence-corrected chi connectivity index (χ2v) is 4.93. The summed E-state index contributed by atoms with van der Waals surface area (Å²) in [6.45, 7) is 1.58. The first-order valence-corrected chi connectivity index (χ1v) is 6.36. The number of benzene rings is 1. The Balaban J connectivity index is 2.65. The van der Waals surface area contributed by atoms with Crippen molar-refractivity contribution in [3.63, 3.8) is 0 Å². The van der Waals surface area contributed by atoms with Crippen LogP contribution in [0.25, 0.3) is 0 Å². The zero-order valence-corrected chi connectivity index (χ0v) is 12.0. The van der Waals surface area contributed by atoms with Gasteiger partial charge in [0.25, 0.3) is 0 Å². The summed E-state index contributed by atoms with van der Waals surface area (Å²) >= 11 is 5.85. The summed E-state index contributed by atoms with van der Waals surface area (Å²) in [6.07, 6.45) is -1.18. The molecule has 0 aliphatic rings. The van der Waals surface area contributed by atoms with Crippen molar-refractivity contribution in [3.05, 3.63) is 34.9 Å². The van der Waals surface area contributed by atoms with Gasteiger partial charge in [-0.15, -0.1) is 0 Å². The number of aliphatic carboxylic acids is 1. The molecule has 1 aromatic rings. The van der Waals surface area contributed by atoms with Gasteiger partial charge in [-0.3, -0.25) is 0 Å². The molecule has 2 atom stereocenters. The van der Waals surface area contributed by atoms with E-state index in [1.54, 1.807) is 24.3 Å². The second-order valence-electron chi connectivity index (χ2n) is 4.49. The quantitative estimate of drug-likeness (QED) is 0.765. The van der Waals surface area contributed by atoms with Crippen molar-refractivity contribution in [2.24, 2.45) is 0 Å². The third-order valence-electron chi connectivity index (χ3n) is 2.68. The molecule has 1 aromatic carbocycles. The lowest BCUT2D eigenvalue weighted by Gasteiger charge is -2.22. The van der Waals surface area contributed by atoms with Crippen LogP contribution in [0.2, 0.25) is 5.02 Å². The molecule has 0 heterocycles. The van der Waals surface area contributed by atoms with E-state index < -0.39 is 24.1 Å². The molecule has 110 valence electrons. The number of amides is 2. The maximum absolute atomic E-state index is 11.9. The van der Waals surface area contributed by atoms with E-state index in [0.29, 0.717) is 5.02 Å². The summed E-state index contributed by atoms with van der Waals surface area (Å²) in [4.78, 5) is 24.1. The van der Waals surface area contributed by atoms with Gasteiger partial charge in [0.05, 0.1) is 6.10 Å². The number of carbonyl (C=O) groups excluding carboxylic acids is 1. The highest BCUT2D eigenvalue weighted by Gasteiger charge is 2.26. The summed E-state index contributed by atoms with van der Waals surface area (Å²) in [5.74, 6) is -1.29. The van der Waals surface area contributed by atoms with Gasteiger partial charge < -0.3 is 20.4 Å². The van der Waals surface area contributed by atoms with Crippen molar-refractivity contribution < 1.29 is 19.8 Å². The van der Waals surface area contributed by atoms with Crippen molar-refractivity contribution in [2.75, 3.05) is 7.05 Å². The van der Waals surface area contributed by atoms with E-state index >= 15 is 0 Å². The van der Waals surface area contributed by atoms with Crippen LogP contribution in [0.3, 0.4) is 0 Å². The fourth-order valence-electron chi connectivity index (χ4n) is 1.61. The Morgan fingerprint density at radius 3 is 2.60 bits per heavy atom. The number of halogens is 1. The van der Waals surface area contributed by atoms with E-state index in [1.807, 2.05) is 0 Å². The van der Waals surface area contributed by atoms with Gasteiger partial charge in [-0.25, -0.2) is 9.59 Å². The molecular formula is C13H17ClN2O4. The van der Waals surface area contributed by atoms with Crippen LogP contribution in [0.5, 0.6) is 0 Å². The number of hydrogen-bond donors (Lipinski definition) is 3. The topological polar surface area (TPSA) is 89.9 Å². The SMILES string of the molecule is CC(O)C(NC(=O)N(C)Cc1cccc(Cl)c1)C(=O)O. The lowest BCUT2D eigenvalue weighted by molar-refractivity contribution is -0.141. The maximum atomic E-state index is 11.9. The van der Waals surface area contributed by atoms with Gasteiger partial charge >= 0.3 is 12.0 Å². The fraction of sp³-hybridized carbons (Fsp3) is 0.385. The molecule has 0 aliphatic heterocycles. The molecule has 0 saturated heterocycles. The number of urea groups is 1. The lowest BCUT2D eigenvalue weighted by atomic mass is 10.2. The Kier molecular flexibility index (Phi) is 5.79. The summed E-state index contributed by atoms with van der Waals surface area (Å²) in [7, 11) is 1.52. The predicted octanol–water partition coefficient (Wildman–Crippen LogP) is 1.32. The number of rotatable bonds is 5.